The molecule has 178 valence electrons. The van der Waals surface area contributed by atoms with Gasteiger partial charge >= 0.3 is 6.18 Å². The van der Waals surface area contributed by atoms with E-state index in [1.165, 1.54) is 24.7 Å². The molecule has 0 fully saturated rings. The number of hydrogen-bond donors (Lipinski definition) is 2. The molecule has 1 aromatic carbocycles. The predicted molar refractivity (Wildman–Crippen MR) is 122 cm³/mol. The monoisotopic (exact) mass is 490 g/mol. The normalized spacial score (nSPS) is 11.4. The molecule has 0 spiro atoms. The highest BCUT2D eigenvalue weighted by molar-refractivity contribution is 6.05. The van der Waals surface area contributed by atoms with Crippen LogP contribution in [0.5, 0.6) is 0 Å². The Bertz CT molecular complexity index is 1650. The summed E-state index contributed by atoms with van der Waals surface area (Å²) in [7, 11) is 0. The number of nitrogens with one attached hydrogen (secondary N) is 1. The minimum atomic E-state index is -4.94. The van der Waals surface area contributed by atoms with Gasteiger partial charge in [0, 0.05) is 16.5 Å². The first-order valence-corrected chi connectivity index (χ1v) is 10.1. The Hall–Kier alpha value is -5.32. The SMILES string of the molecule is [C-]#[N+]c1cc(NC(=O)c2cnn(-c3cnc(N)c4ccccc34)c2C(F)(F)F)cnc1-n1nccn1. The highest BCUT2D eigenvalue weighted by atomic mass is 19.4. The van der Waals surface area contributed by atoms with E-state index in [1.807, 2.05) is 0 Å². The number of nitrogens with zero attached hydrogens (tertiary/aromatic N) is 8. The van der Waals surface area contributed by atoms with E-state index in [0.29, 0.717) is 15.5 Å². The molecule has 5 rings (SSSR count). The first-order chi connectivity index (χ1) is 17.3. The van der Waals surface area contributed by atoms with Gasteiger partial charge in [-0.25, -0.2) is 19.5 Å². The van der Waals surface area contributed by atoms with Crippen LogP contribution in [0.3, 0.4) is 0 Å². The minimum absolute atomic E-state index is 0.000732. The second kappa shape index (κ2) is 8.47. The Morgan fingerprint density at radius 2 is 1.75 bits per heavy atom. The summed E-state index contributed by atoms with van der Waals surface area (Å²) < 4.78 is 43.2. The van der Waals surface area contributed by atoms with Gasteiger partial charge in [0.1, 0.15) is 5.82 Å². The van der Waals surface area contributed by atoms with E-state index in [4.69, 9.17) is 12.3 Å². The summed E-state index contributed by atoms with van der Waals surface area (Å²) in [6.07, 6.45) is 0.994. The fraction of sp³-hybridized carbons (Fsp3) is 0.0455. The van der Waals surface area contributed by atoms with Crippen LogP contribution in [0.2, 0.25) is 0 Å². The molecule has 0 aliphatic heterocycles. The van der Waals surface area contributed by atoms with E-state index in [0.717, 1.165) is 17.2 Å². The highest BCUT2D eigenvalue weighted by Crippen LogP contribution is 2.36. The molecule has 11 nitrogen and oxygen atoms in total. The van der Waals surface area contributed by atoms with Crippen molar-refractivity contribution in [1.82, 2.24) is 34.7 Å². The molecule has 0 unspecified atom stereocenters. The number of benzene rings is 1. The molecule has 0 saturated heterocycles. The number of rotatable bonds is 4. The molecular weight excluding hydrogens is 477 g/mol. The number of amides is 1. The topological polar surface area (TPSA) is 134 Å². The van der Waals surface area contributed by atoms with Gasteiger partial charge in [-0.1, -0.05) is 24.3 Å². The van der Waals surface area contributed by atoms with Crippen LogP contribution < -0.4 is 11.1 Å². The van der Waals surface area contributed by atoms with Crippen molar-refractivity contribution in [2.45, 2.75) is 6.18 Å². The molecule has 14 heteroatoms. The number of nitrogens with two attached hydrogens (primary N) is 1. The van der Waals surface area contributed by atoms with E-state index in [2.05, 4.69) is 35.4 Å². The van der Waals surface area contributed by atoms with Gasteiger partial charge in [-0.2, -0.15) is 28.5 Å². The summed E-state index contributed by atoms with van der Waals surface area (Å²) in [6.45, 7) is 7.35. The van der Waals surface area contributed by atoms with Gasteiger partial charge in [0.05, 0.1) is 48.8 Å². The van der Waals surface area contributed by atoms with Crippen LogP contribution in [0.25, 0.3) is 27.1 Å². The lowest BCUT2D eigenvalue weighted by Gasteiger charge is -2.15. The van der Waals surface area contributed by atoms with E-state index in [1.54, 1.807) is 24.3 Å². The lowest BCUT2D eigenvalue weighted by atomic mass is 10.1. The average molecular weight is 490 g/mol. The second-order valence-electron chi connectivity index (χ2n) is 7.34. The fourth-order valence-electron chi connectivity index (χ4n) is 3.61. The van der Waals surface area contributed by atoms with Crippen molar-refractivity contribution >= 4 is 33.9 Å². The Kier molecular flexibility index (Phi) is 5.29. The van der Waals surface area contributed by atoms with E-state index in [-0.39, 0.29) is 28.7 Å². The lowest BCUT2D eigenvalue weighted by molar-refractivity contribution is -0.143. The van der Waals surface area contributed by atoms with Gasteiger partial charge in [0.2, 0.25) is 5.69 Å². The number of fused-ring (bicyclic) bond motifs is 1. The van der Waals surface area contributed by atoms with Crippen LogP contribution in [0.1, 0.15) is 16.1 Å². The molecule has 4 aromatic heterocycles. The fourth-order valence-corrected chi connectivity index (χ4v) is 3.61. The summed E-state index contributed by atoms with van der Waals surface area (Å²) in [5.41, 5.74) is 3.82. The molecule has 3 N–H and O–H groups in total. The quantitative estimate of drug-likeness (QED) is 0.366. The van der Waals surface area contributed by atoms with Gasteiger partial charge in [-0.15, -0.1) is 4.80 Å². The Morgan fingerprint density at radius 1 is 1.03 bits per heavy atom. The standard InChI is InChI=1S/C22H13F3N10O/c1-27-16-8-12(9-29-20(16)35-30-6-7-31-35)33-21(36)15-10-32-34(18(15)22(23,24)25)17-11-28-19(26)14-5-3-2-4-13(14)17/h2-11H,(H2,26,28)(H,33,36). The molecular formula is C22H13F3N10O. The molecule has 0 radical (unpaired) electrons. The minimum Gasteiger partial charge on any atom is -0.383 e. The number of nitrogen functional groups attached to an aromatic ring is 1. The number of hydrogen-bond acceptors (Lipinski definition) is 7. The Labute approximate surface area is 199 Å². The Balaban J connectivity index is 1.55. The van der Waals surface area contributed by atoms with E-state index >= 15 is 0 Å². The van der Waals surface area contributed by atoms with Crippen LogP contribution in [0, 0.1) is 6.57 Å². The first-order valence-electron chi connectivity index (χ1n) is 10.1. The molecule has 5 aromatic rings. The third kappa shape index (κ3) is 3.84. The first kappa shape index (κ1) is 22.5. The van der Waals surface area contributed by atoms with Crippen molar-refractivity contribution in [2.24, 2.45) is 0 Å². The maximum Gasteiger partial charge on any atom is 0.434 e. The van der Waals surface area contributed by atoms with Gasteiger partial charge in [0.15, 0.2) is 11.5 Å². The second-order valence-corrected chi connectivity index (χ2v) is 7.34. The van der Waals surface area contributed by atoms with Crippen molar-refractivity contribution in [1.29, 1.82) is 0 Å². The van der Waals surface area contributed by atoms with Crippen LogP contribution >= 0.6 is 0 Å². The van der Waals surface area contributed by atoms with Crippen molar-refractivity contribution in [3.8, 4) is 11.5 Å². The maximum absolute atomic E-state index is 14.2. The van der Waals surface area contributed by atoms with Crippen molar-refractivity contribution in [2.75, 3.05) is 11.1 Å². The smallest absolute Gasteiger partial charge is 0.383 e. The largest absolute Gasteiger partial charge is 0.434 e. The Morgan fingerprint density at radius 3 is 2.44 bits per heavy atom. The highest BCUT2D eigenvalue weighted by Gasteiger charge is 2.41. The molecule has 0 saturated carbocycles. The van der Waals surface area contributed by atoms with Gasteiger partial charge in [-0.05, 0) is 6.07 Å². The molecule has 4 heterocycles. The van der Waals surface area contributed by atoms with Crippen molar-refractivity contribution in [3.63, 3.8) is 0 Å². The molecule has 0 atom stereocenters. The van der Waals surface area contributed by atoms with Crippen LogP contribution in [-0.4, -0.2) is 40.6 Å². The summed E-state index contributed by atoms with van der Waals surface area (Å²) in [6, 6.07) is 7.77. The average Bonchev–Trinajstić information content (AvgIpc) is 3.55. The summed E-state index contributed by atoms with van der Waals surface area (Å²) in [4.78, 5) is 25.4. The zero-order chi connectivity index (χ0) is 25.4. The zero-order valence-electron chi connectivity index (χ0n) is 18.0. The van der Waals surface area contributed by atoms with Crippen LogP contribution in [-0.2, 0) is 6.18 Å². The molecule has 0 bridgehead atoms. The number of carbonyl (C=O) groups is 1. The van der Waals surface area contributed by atoms with Crippen LogP contribution in [0.15, 0.2) is 61.3 Å². The number of aromatic nitrogens is 7. The third-order valence-electron chi connectivity index (χ3n) is 5.15. The van der Waals surface area contributed by atoms with Crippen molar-refractivity contribution in [3.05, 3.63) is 84.0 Å². The summed E-state index contributed by atoms with van der Waals surface area (Å²) in [5, 5.41) is 14.8. The number of halogens is 3. The van der Waals surface area contributed by atoms with Gasteiger partial charge in [0.25, 0.3) is 5.91 Å². The molecule has 0 aliphatic carbocycles. The molecule has 1 amide bonds. The summed E-state index contributed by atoms with van der Waals surface area (Å²) >= 11 is 0. The van der Waals surface area contributed by atoms with Crippen molar-refractivity contribution < 1.29 is 18.0 Å². The lowest BCUT2D eigenvalue weighted by Crippen LogP contribution is -2.21. The van der Waals surface area contributed by atoms with E-state index < -0.39 is 23.3 Å². The maximum atomic E-state index is 14.2. The number of carbonyl (C=O) groups excluding carboxylic acids is 1. The van der Waals surface area contributed by atoms with Gasteiger partial charge in [-0.3, -0.25) is 4.79 Å². The predicted octanol–water partition coefficient (Wildman–Crippen LogP) is 3.80. The van der Waals surface area contributed by atoms with E-state index in [9.17, 15) is 18.0 Å². The molecule has 36 heavy (non-hydrogen) atoms. The number of anilines is 2. The van der Waals surface area contributed by atoms with Gasteiger partial charge < -0.3 is 11.1 Å². The number of alkyl halides is 3. The molecule has 0 aliphatic rings. The van der Waals surface area contributed by atoms with Crippen LogP contribution in [0.4, 0.5) is 30.4 Å². The summed E-state index contributed by atoms with van der Waals surface area (Å²) in [5.74, 6) is -0.853. The zero-order valence-corrected chi connectivity index (χ0v) is 18.0. The number of pyridine rings is 2. The third-order valence-corrected chi connectivity index (χ3v) is 5.15.